The van der Waals surface area contributed by atoms with Crippen LogP contribution in [0.3, 0.4) is 0 Å². The molecule has 0 bridgehead atoms. The molecule has 380 valence electrons. The molecule has 14 heteroatoms. The minimum absolute atomic E-state index is 0.0287. The first-order valence-electron chi connectivity index (χ1n) is 25.5. The van der Waals surface area contributed by atoms with Gasteiger partial charge in [0, 0.05) is 43.9 Å². The Bertz CT molecular complexity index is 1620. The number of carbonyl (C=O) groups excluding carboxylic acids is 3. The minimum atomic E-state index is -4.71. The predicted molar refractivity (Wildman–Crippen MR) is 259 cm³/mol. The van der Waals surface area contributed by atoms with E-state index in [4.69, 9.17) is 22.9 Å². The molecule has 0 aliphatic heterocycles. The summed E-state index contributed by atoms with van der Waals surface area (Å²) in [5.74, 6) is 0.528. The van der Waals surface area contributed by atoms with E-state index in [9.17, 15) is 34.1 Å². The van der Waals surface area contributed by atoms with Gasteiger partial charge in [0.05, 0.1) is 40.0 Å². The van der Waals surface area contributed by atoms with E-state index in [0.29, 0.717) is 43.1 Å². The molecule has 1 saturated carbocycles. The summed E-state index contributed by atoms with van der Waals surface area (Å²) in [5, 5.41) is 20.8. The molecule has 0 amide bonds. The maximum Gasteiger partial charge on any atom is 0.306 e. The van der Waals surface area contributed by atoms with Crippen molar-refractivity contribution in [1.82, 2.24) is 0 Å². The summed E-state index contributed by atoms with van der Waals surface area (Å²) < 4.78 is 40.2. The number of nitrogens with zero attached hydrogens (tertiary/aromatic N) is 1. The number of hydrogen-bond donors (Lipinski definition) is 2. The lowest BCUT2D eigenvalue weighted by Gasteiger charge is -2.28. The van der Waals surface area contributed by atoms with Crippen LogP contribution in [0.5, 0.6) is 0 Å². The van der Waals surface area contributed by atoms with Crippen LogP contribution in [-0.4, -0.2) is 98.2 Å². The Balaban J connectivity index is 1.71. The fraction of sp³-hybridized carbons (Fsp3) is 0.788. The summed E-state index contributed by atoms with van der Waals surface area (Å²) in [6.45, 7) is 8.15. The maximum absolute atomic E-state index is 12.8. The van der Waals surface area contributed by atoms with Crippen LogP contribution in [0.2, 0.25) is 0 Å². The largest absolute Gasteiger partial charge is 0.756 e. The first kappa shape index (κ1) is 59.5. The number of aryl methyl sites for hydroxylation is 2. The van der Waals surface area contributed by atoms with Crippen molar-refractivity contribution in [3.63, 3.8) is 0 Å². The fourth-order valence-electron chi connectivity index (χ4n) is 8.17. The highest BCUT2D eigenvalue weighted by atomic mass is 31.2. The Kier molecular flexibility index (Phi) is 30.5. The van der Waals surface area contributed by atoms with Gasteiger partial charge in [0.2, 0.25) is 0 Å². The Morgan fingerprint density at radius 1 is 0.803 bits per heavy atom. The van der Waals surface area contributed by atoms with E-state index >= 15 is 0 Å². The van der Waals surface area contributed by atoms with Gasteiger partial charge >= 0.3 is 11.9 Å². The molecule has 1 heterocycles. The van der Waals surface area contributed by atoms with E-state index in [1.54, 1.807) is 12.2 Å². The second-order valence-electron chi connectivity index (χ2n) is 19.6. The molecular formula is C52H90NO12P. The average molecular weight is 952 g/mol. The number of aliphatic hydroxyl groups is 2. The van der Waals surface area contributed by atoms with Gasteiger partial charge in [-0.3, -0.25) is 18.9 Å². The summed E-state index contributed by atoms with van der Waals surface area (Å²) in [6, 6.07) is 0. The van der Waals surface area contributed by atoms with Gasteiger partial charge in [0.15, 0.2) is 6.10 Å². The van der Waals surface area contributed by atoms with Crippen LogP contribution in [0.4, 0.5) is 0 Å². The molecule has 2 rings (SSSR count). The van der Waals surface area contributed by atoms with Crippen LogP contribution in [0.25, 0.3) is 0 Å². The molecule has 66 heavy (non-hydrogen) atoms. The third-order valence-electron chi connectivity index (χ3n) is 12.6. The summed E-state index contributed by atoms with van der Waals surface area (Å²) >= 11 is 0. The van der Waals surface area contributed by atoms with Crippen LogP contribution in [0, 0.1) is 25.7 Å². The maximum atomic E-state index is 12.8. The number of esters is 2. The number of rotatable bonds is 39. The monoisotopic (exact) mass is 952 g/mol. The second kappa shape index (κ2) is 33.8. The number of quaternary nitrogens is 1. The van der Waals surface area contributed by atoms with Crippen molar-refractivity contribution in [3.8, 4) is 0 Å². The molecule has 1 unspecified atom stereocenters. The van der Waals surface area contributed by atoms with Crippen molar-refractivity contribution in [2.24, 2.45) is 11.8 Å². The van der Waals surface area contributed by atoms with Gasteiger partial charge in [-0.05, 0) is 69.9 Å². The summed E-state index contributed by atoms with van der Waals surface area (Å²) in [6.07, 6.45) is 26.7. The van der Waals surface area contributed by atoms with Crippen LogP contribution in [0.15, 0.2) is 28.7 Å². The average Bonchev–Trinajstić information content (AvgIpc) is 3.68. The number of phosphoric acid groups is 1. The van der Waals surface area contributed by atoms with Crippen molar-refractivity contribution < 1.29 is 61.5 Å². The Hall–Kier alpha value is -2.64. The molecule has 1 aliphatic carbocycles. The van der Waals surface area contributed by atoms with E-state index < -0.39 is 50.6 Å². The lowest BCUT2D eigenvalue weighted by atomic mass is 9.90. The molecule has 0 radical (unpaired) electrons. The first-order valence-corrected chi connectivity index (χ1v) is 27.0. The number of aliphatic hydroxyl groups excluding tert-OH is 2. The zero-order chi connectivity index (χ0) is 48.8. The van der Waals surface area contributed by atoms with Gasteiger partial charge in [-0.15, -0.1) is 0 Å². The van der Waals surface area contributed by atoms with Crippen LogP contribution < -0.4 is 4.89 Å². The van der Waals surface area contributed by atoms with Gasteiger partial charge in [-0.2, -0.15) is 0 Å². The number of likely N-dealkylation sites (N-methyl/N-ethyl adjacent to an activating group) is 1. The van der Waals surface area contributed by atoms with Gasteiger partial charge in [-0.25, -0.2) is 0 Å². The van der Waals surface area contributed by atoms with Gasteiger partial charge in [-0.1, -0.05) is 122 Å². The molecule has 0 aromatic carbocycles. The van der Waals surface area contributed by atoms with Crippen LogP contribution >= 0.6 is 7.82 Å². The lowest BCUT2D eigenvalue weighted by Crippen LogP contribution is -2.37. The molecule has 13 nitrogen and oxygen atoms in total. The van der Waals surface area contributed by atoms with Crippen molar-refractivity contribution in [2.45, 2.75) is 207 Å². The highest BCUT2D eigenvalue weighted by Gasteiger charge is 2.39. The fourth-order valence-corrected chi connectivity index (χ4v) is 8.90. The molecule has 0 spiro atoms. The quantitative estimate of drug-likeness (QED) is 0.0210. The number of allylic oxidation sites excluding steroid dienone is 3. The summed E-state index contributed by atoms with van der Waals surface area (Å²) in [7, 11) is 0.988. The van der Waals surface area contributed by atoms with Gasteiger partial charge in [0.25, 0.3) is 7.82 Å². The number of Topliss-reactive ketones (excluding diaryl/α,β-unsaturated/α-hetero) is 1. The summed E-state index contributed by atoms with van der Waals surface area (Å²) in [5.41, 5.74) is 2.67. The van der Waals surface area contributed by atoms with E-state index in [1.165, 1.54) is 74.0 Å². The van der Waals surface area contributed by atoms with Gasteiger partial charge < -0.3 is 42.5 Å². The number of carbonyl (C=O) groups is 3. The lowest BCUT2D eigenvalue weighted by molar-refractivity contribution is -0.870. The minimum Gasteiger partial charge on any atom is -0.756 e. The Labute approximate surface area is 398 Å². The highest BCUT2D eigenvalue weighted by Crippen LogP contribution is 2.38. The van der Waals surface area contributed by atoms with E-state index in [1.807, 2.05) is 33.3 Å². The number of furan rings is 1. The smallest absolute Gasteiger partial charge is 0.306 e. The van der Waals surface area contributed by atoms with Crippen molar-refractivity contribution >= 4 is 25.5 Å². The second-order valence-corrected chi connectivity index (χ2v) is 21.0. The first-order chi connectivity index (χ1) is 31.5. The number of ether oxygens (including phenoxy) is 2. The highest BCUT2D eigenvalue weighted by molar-refractivity contribution is 7.45. The van der Waals surface area contributed by atoms with Crippen molar-refractivity contribution in [3.05, 3.63) is 47.0 Å². The standard InChI is InChI=1S/C52H90NO12P/c1-8-10-22-28-43(54)34-35-46-45(47(55)38-48(46)56)29-24-20-21-27-33-52(58)64-44(40-63-66(59,60)62-37-36-53(5,6)7)39-61-51(57)32-26-19-17-15-13-12-14-16-18-25-31-50-42(4)41(3)49(65-50)30-23-11-9-2/h20,24,34-35,43-47,54-55H,8-19,21-23,25-33,36-40H2,1-7H3/b24-20-,35-34+/t43-,44+,45+,46+,47-/m0/s1. The molecule has 2 N–H and O–H groups in total. The Morgan fingerprint density at radius 2 is 1.38 bits per heavy atom. The molecule has 1 aromatic rings. The van der Waals surface area contributed by atoms with Crippen LogP contribution in [0.1, 0.15) is 184 Å². The van der Waals surface area contributed by atoms with Crippen LogP contribution in [-0.2, 0) is 50.3 Å². The number of ketones is 1. The molecule has 1 aliphatic rings. The van der Waals surface area contributed by atoms with E-state index in [2.05, 4.69) is 27.7 Å². The predicted octanol–water partition coefficient (Wildman–Crippen LogP) is 10.3. The molecule has 1 fully saturated rings. The topological polar surface area (TPSA) is 182 Å². The van der Waals surface area contributed by atoms with Crippen molar-refractivity contribution in [2.75, 3.05) is 47.5 Å². The molecular weight excluding hydrogens is 862 g/mol. The molecule has 6 atom stereocenters. The van der Waals surface area contributed by atoms with Crippen molar-refractivity contribution in [1.29, 1.82) is 0 Å². The number of unbranched alkanes of at least 4 members (excludes halogenated alkanes) is 14. The Morgan fingerprint density at radius 3 is 2.00 bits per heavy atom. The SMILES string of the molecule is CCCCCc1oc(CCCCCCCCCCCCC(=O)OC[C@H](COP(=O)([O-])OCC[N+](C)(C)C)OC(=O)CCC/C=C\C[C@H]2[C@@H](O)CC(=O)[C@@H]2/C=C/[C@@H](O)CCCCC)c(C)c1C. The van der Waals surface area contributed by atoms with Gasteiger partial charge in [0.1, 0.15) is 37.1 Å². The van der Waals surface area contributed by atoms with E-state index in [0.717, 1.165) is 57.8 Å². The molecule has 1 aromatic heterocycles. The zero-order valence-corrected chi connectivity index (χ0v) is 43.0. The van der Waals surface area contributed by atoms with E-state index in [-0.39, 0.29) is 44.2 Å². The number of phosphoric ester groups is 1. The zero-order valence-electron chi connectivity index (χ0n) is 42.1. The number of hydrogen-bond acceptors (Lipinski definition) is 12. The third kappa shape index (κ3) is 26.8. The normalized spacial score (nSPS) is 18.6. The molecule has 0 saturated heterocycles. The third-order valence-corrected chi connectivity index (χ3v) is 13.5. The summed E-state index contributed by atoms with van der Waals surface area (Å²) in [4.78, 5) is 50.5.